The molecule has 0 aliphatic heterocycles. The zero-order valence-corrected chi connectivity index (χ0v) is 19.6. The summed E-state index contributed by atoms with van der Waals surface area (Å²) in [4.78, 5) is 37.8. The summed E-state index contributed by atoms with van der Waals surface area (Å²) in [6.45, 7) is 7.15. The van der Waals surface area contributed by atoms with Gasteiger partial charge in [-0.15, -0.1) is 0 Å². The van der Waals surface area contributed by atoms with E-state index in [1.165, 1.54) is 11.6 Å². The summed E-state index contributed by atoms with van der Waals surface area (Å²) >= 11 is 0. The van der Waals surface area contributed by atoms with Crippen molar-refractivity contribution in [1.29, 1.82) is 0 Å². The van der Waals surface area contributed by atoms with E-state index >= 15 is 0 Å². The Morgan fingerprint density at radius 2 is 1.56 bits per heavy atom. The first-order valence-corrected chi connectivity index (χ1v) is 11.1. The quantitative estimate of drug-likeness (QED) is 0.450. The van der Waals surface area contributed by atoms with E-state index in [1.807, 2.05) is 55.7 Å². The number of anilines is 2. The lowest BCUT2D eigenvalue weighted by atomic mass is 10.1. The zero-order valence-electron chi connectivity index (χ0n) is 19.6. The standard InChI is InChI=1S/C26H27N5O3/c1-5-23(25(33)29-20-13-11-19(12-14-20)28-18(4)32)30-16(2)22-15-27-31(21-9-7-6-8-10-21)26(34)24(22)17(30)3/h6-15,23H,5H2,1-4H3,(H,28,32)(H,29,33)/t23-/m0/s1. The molecule has 2 aromatic carbocycles. The van der Waals surface area contributed by atoms with Gasteiger partial charge >= 0.3 is 0 Å². The maximum atomic E-state index is 13.4. The summed E-state index contributed by atoms with van der Waals surface area (Å²) in [5, 5.41) is 11.3. The number of hydrogen-bond donors (Lipinski definition) is 2. The Bertz CT molecular complexity index is 1420. The number of para-hydroxylation sites is 1. The molecule has 174 valence electrons. The second-order valence-electron chi connectivity index (χ2n) is 8.20. The molecule has 2 heterocycles. The third kappa shape index (κ3) is 4.22. The Morgan fingerprint density at radius 1 is 0.941 bits per heavy atom. The number of hydrogen-bond acceptors (Lipinski definition) is 4. The minimum absolute atomic E-state index is 0.158. The van der Waals surface area contributed by atoms with Gasteiger partial charge in [0.2, 0.25) is 11.8 Å². The van der Waals surface area contributed by atoms with E-state index in [4.69, 9.17) is 0 Å². The van der Waals surface area contributed by atoms with Crippen molar-refractivity contribution in [3.63, 3.8) is 0 Å². The van der Waals surface area contributed by atoms with E-state index in [2.05, 4.69) is 15.7 Å². The van der Waals surface area contributed by atoms with Crippen LogP contribution in [0.3, 0.4) is 0 Å². The lowest BCUT2D eigenvalue weighted by Gasteiger charge is -2.21. The molecule has 0 aliphatic rings. The molecule has 34 heavy (non-hydrogen) atoms. The number of nitrogens with zero attached hydrogens (tertiary/aromatic N) is 3. The van der Waals surface area contributed by atoms with Crippen molar-refractivity contribution < 1.29 is 9.59 Å². The van der Waals surface area contributed by atoms with Crippen LogP contribution in [0.25, 0.3) is 16.5 Å². The van der Waals surface area contributed by atoms with Crippen LogP contribution in [-0.4, -0.2) is 26.2 Å². The molecule has 0 radical (unpaired) electrons. The summed E-state index contributed by atoms with van der Waals surface area (Å²) < 4.78 is 3.31. The van der Waals surface area contributed by atoms with E-state index in [9.17, 15) is 14.4 Å². The fourth-order valence-electron chi connectivity index (χ4n) is 4.35. The molecule has 0 spiro atoms. The number of amides is 2. The van der Waals surface area contributed by atoms with Crippen LogP contribution in [0.1, 0.15) is 37.7 Å². The highest BCUT2D eigenvalue weighted by Crippen LogP contribution is 2.28. The van der Waals surface area contributed by atoms with E-state index in [0.717, 1.165) is 16.8 Å². The Kier molecular flexibility index (Phi) is 6.32. The highest BCUT2D eigenvalue weighted by atomic mass is 16.2. The number of aryl methyl sites for hydroxylation is 2. The van der Waals surface area contributed by atoms with E-state index in [1.54, 1.807) is 30.5 Å². The first-order valence-electron chi connectivity index (χ1n) is 11.1. The number of carbonyl (C=O) groups is 2. The average Bonchev–Trinajstić information content (AvgIpc) is 3.07. The van der Waals surface area contributed by atoms with Gasteiger partial charge in [0.25, 0.3) is 5.56 Å². The highest BCUT2D eigenvalue weighted by molar-refractivity contribution is 5.96. The molecule has 1 atom stereocenters. The second kappa shape index (κ2) is 9.35. The zero-order chi connectivity index (χ0) is 24.4. The first kappa shape index (κ1) is 23.0. The number of aromatic nitrogens is 3. The molecule has 2 aromatic heterocycles. The van der Waals surface area contributed by atoms with Crippen LogP contribution in [0.2, 0.25) is 0 Å². The SMILES string of the molecule is CC[C@@H](C(=O)Nc1ccc(NC(C)=O)cc1)n1c(C)c2cnn(-c3ccccc3)c(=O)c2c1C. The molecule has 2 N–H and O–H groups in total. The number of benzene rings is 2. The van der Waals surface area contributed by atoms with Gasteiger partial charge in [0, 0.05) is 35.1 Å². The van der Waals surface area contributed by atoms with E-state index in [-0.39, 0.29) is 17.4 Å². The maximum Gasteiger partial charge on any atom is 0.281 e. The van der Waals surface area contributed by atoms with Crippen LogP contribution in [-0.2, 0) is 9.59 Å². The first-order chi connectivity index (χ1) is 16.3. The van der Waals surface area contributed by atoms with Crippen molar-refractivity contribution in [2.24, 2.45) is 0 Å². The van der Waals surface area contributed by atoms with Gasteiger partial charge in [-0.3, -0.25) is 14.4 Å². The molecular formula is C26H27N5O3. The van der Waals surface area contributed by atoms with Crippen LogP contribution in [0.4, 0.5) is 11.4 Å². The molecule has 8 heteroatoms. The lowest BCUT2D eigenvalue weighted by molar-refractivity contribution is -0.119. The summed E-state index contributed by atoms with van der Waals surface area (Å²) in [5.41, 5.74) is 3.30. The Balaban J connectivity index is 1.70. The van der Waals surface area contributed by atoms with Crippen LogP contribution < -0.4 is 16.2 Å². The molecule has 0 saturated carbocycles. The average molecular weight is 458 g/mol. The summed E-state index contributed by atoms with van der Waals surface area (Å²) in [6, 6.07) is 15.7. The topological polar surface area (TPSA) is 98.0 Å². The van der Waals surface area contributed by atoms with Crippen molar-refractivity contribution in [2.45, 2.75) is 40.2 Å². The monoisotopic (exact) mass is 457 g/mol. The Hall–Kier alpha value is -4.20. The minimum atomic E-state index is -0.507. The van der Waals surface area contributed by atoms with Crippen LogP contribution in [0.5, 0.6) is 0 Å². The molecule has 8 nitrogen and oxygen atoms in total. The van der Waals surface area contributed by atoms with Crippen molar-refractivity contribution in [3.8, 4) is 5.69 Å². The molecule has 0 bridgehead atoms. The van der Waals surface area contributed by atoms with Gasteiger partial charge in [-0.05, 0) is 56.7 Å². The number of nitrogens with one attached hydrogen (secondary N) is 2. The largest absolute Gasteiger partial charge is 0.335 e. The van der Waals surface area contributed by atoms with Crippen molar-refractivity contribution in [3.05, 3.63) is 82.5 Å². The molecular weight excluding hydrogens is 430 g/mol. The number of carbonyl (C=O) groups excluding carboxylic acids is 2. The predicted octanol–water partition coefficient (Wildman–Crippen LogP) is 4.35. The molecule has 2 amide bonds. The van der Waals surface area contributed by atoms with Gasteiger partial charge in [-0.1, -0.05) is 25.1 Å². The van der Waals surface area contributed by atoms with Crippen LogP contribution in [0.15, 0.2) is 65.6 Å². The van der Waals surface area contributed by atoms with E-state index < -0.39 is 6.04 Å². The molecule has 4 aromatic rings. The second-order valence-corrected chi connectivity index (χ2v) is 8.20. The summed E-state index contributed by atoms with van der Waals surface area (Å²) in [6.07, 6.45) is 2.23. The van der Waals surface area contributed by atoms with Gasteiger partial charge in [-0.2, -0.15) is 9.78 Å². The van der Waals surface area contributed by atoms with Gasteiger partial charge in [0.15, 0.2) is 0 Å². The Morgan fingerprint density at radius 3 is 2.15 bits per heavy atom. The van der Waals surface area contributed by atoms with Gasteiger partial charge in [0.1, 0.15) is 6.04 Å². The lowest BCUT2D eigenvalue weighted by Crippen LogP contribution is -2.27. The molecule has 0 aliphatic carbocycles. The fourth-order valence-corrected chi connectivity index (χ4v) is 4.35. The third-order valence-electron chi connectivity index (χ3n) is 5.93. The smallest absolute Gasteiger partial charge is 0.281 e. The van der Waals surface area contributed by atoms with E-state index in [0.29, 0.717) is 28.9 Å². The van der Waals surface area contributed by atoms with Crippen molar-refractivity contribution in [1.82, 2.24) is 14.3 Å². The van der Waals surface area contributed by atoms with Crippen molar-refractivity contribution >= 4 is 34.0 Å². The maximum absolute atomic E-state index is 13.4. The fraction of sp³-hybridized carbons (Fsp3) is 0.231. The van der Waals surface area contributed by atoms with Crippen molar-refractivity contribution in [2.75, 3.05) is 10.6 Å². The number of rotatable bonds is 6. The molecule has 4 rings (SSSR count). The van der Waals surface area contributed by atoms with Crippen LogP contribution in [0, 0.1) is 13.8 Å². The number of fused-ring (bicyclic) bond motifs is 1. The normalized spacial score (nSPS) is 11.9. The Labute approximate surface area is 197 Å². The van der Waals surface area contributed by atoms with Crippen LogP contribution >= 0.6 is 0 Å². The van der Waals surface area contributed by atoms with Gasteiger partial charge < -0.3 is 15.2 Å². The third-order valence-corrected chi connectivity index (χ3v) is 5.93. The molecule has 0 saturated heterocycles. The summed E-state index contributed by atoms with van der Waals surface area (Å²) in [5.74, 6) is -0.341. The predicted molar refractivity (Wildman–Crippen MR) is 134 cm³/mol. The highest BCUT2D eigenvalue weighted by Gasteiger charge is 2.26. The van der Waals surface area contributed by atoms with Gasteiger partial charge in [0.05, 0.1) is 17.3 Å². The molecule has 0 fully saturated rings. The van der Waals surface area contributed by atoms with Gasteiger partial charge in [-0.25, -0.2) is 0 Å². The minimum Gasteiger partial charge on any atom is -0.335 e. The summed E-state index contributed by atoms with van der Waals surface area (Å²) in [7, 11) is 0. The molecule has 0 unspecified atom stereocenters.